The van der Waals surface area contributed by atoms with Gasteiger partial charge in [-0.15, -0.1) is 0 Å². The minimum atomic E-state index is -0.0857. The summed E-state index contributed by atoms with van der Waals surface area (Å²) < 4.78 is 5.64. The van der Waals surface area contributed by atoms with Crippen LogP contribution in [0.5, 0.6) is 0 Å². The molecule has 0 saturated heterocycles. The minimum absolute atomic E-state index is 0.0857. The first-order valence-electron chi connectivity index (χ1n) is 4.88. The van der Waals surface area contributed by atoms with Crippen molar-refractivity contribution in [3.8, 4) is 0 Å². The van der Waals surface area contributed by atoms with Gasteiger partial charge in [0.1, 0.15) is 0 Å². The molecular weight excluding hydrogens is 198 g/mol. The molecule has 0 saturated carbocycles. The molecule has 2 nitrogen and oxygen atoms in total. The molecular formula is C11H14ClNO. The van der Waals surface area contributed by atoms with E-state index >= 15 is 0 Å². The van der Waals surface area contributed by atoms with Gasteiger partial charge in [-0.25, -0.2) is 0 Å². The van der Waals surface area contributed by atoms with Crippen LogP contribution in [0.3, 0.4) is 0 Å². The molecule has 1 aromatic rings. The van der Waals surface area contributed by atoms with Crippen LogP contribution in [0.25, 0.3) is 0 Å². The van der Waals surface area contributed by atoms with Gasteiger partial charge in [-0.2, -0.15) is 0 Å². The molecule has 2 N–H and O–H groups in total. The number of fused-ring (bicyclic) bond motifs is 1. The van der Waals surface area contributed by atoms with E-state index in [-0.39, 0.29) is 12.1 Å². The molecule has 0 bridgehead atoms. The van der Waals surface area contributed by atoms with Crippen LogP contribution in [0.15, 0.2) is 18.2 Å². The second kappa shape index (κ2) is 3.89. The van der Waals surface area contributed by atoms with Crippen LogP contribution in [0.2, 0.25) is 5.02 Å². The van der Waals surface area contributed by atoms with Crippen molar-refractivity contribution in [3.05, 3.63) is 34.3 Å². The molecule has 1 aromatic carbocycles. The minimum Gasteiger partial charge on any atom is -0.372 e. The highest BCUT2D eigenvalue weighted by Gasteiger charge is 2.27. The number of rotatable bonds is 1. The summed E-state index contributed by atoms with van der Waals surface area (Å²) >= 11 is 6.12. The molecule has 1 heterocycles. The maximum atomic E-state index is 6.12. The smallest absolute Gasteiger partial charge is 0.0770 e. The number of ether oxygens (including phenoxy) is 1. The Kier molecular flexibility index (Phi) is 2.77. The zero-order valence-electron chi connectivity index (χ0n) is 8.16. The molecule has 0 aromatic heterocycles. The van der Waals surface area contributed by atoms with Crippen molar-refractivity contribution >= 4 is 11.6 Å². The van der Waals surface area contributed by atoms with Gasteiger partial charge in [0, 0.05) is 5.02 Å². The lowest BCUT2D eigenvalue weighted by atomic mass is 9.93. The Balaban J connectivity index is 2.43. The van der Waals surface area contributed by atoms with E-state index in [1.54, 1.807) is 0 Å². The predicted molar refractivity (Wildman–Crippen MR) is 57.2 cm³/mol. The fourth-order valence-corrected chi connectivity index (χ4v) is 2.26. The lowest BCUT2D eigenvalue weighted by Crippen LogP contribution is -2.33. The first-order chi connectivity index (χ1) is 6.74. The van der Waals surface area contributed by atoms with Crippen LogP contribution in [0.4, 0.5) is 0 Å². The third-order valence-corrected chi connectivity index (χ3v) is 3.06. The molecule has 1 aliphatic rings. The fourth-order valence-electron chi connectivity index (χ4n) is 1.94. The van der Waals surface area contributed by atoms with E-state index in [1.165, 1.54) is 0 Å². The molecule has 2 rings (SSSR count). The van der Waals surface area contributed by atoms with Gasteiger partial charge in [-0.1, -0.05) is 30.7 Å². The van der Waals surface area contributed by atoms with Crippen molar-refractivity contribution in [2.45, 2.75) is 32.1 Å². The van der Waals surface area contributed by atoms with Crippen molar-refractivity contribution in [3.63, 3.8) is 0 Å². The van der Waals surface area contributed by atoms with Crippen molar-refractivity contribution in [2.24, 2.45) is 5.73 Å². The Morgan fingerprint density at radius 2 is 2.36 bits per heavy atom. The van der Waals surface area contributed by atoms with Gasteiger partial charge in [-0.3, -0.25) is 0 Å². The number of hydrogen-bond donors (Lipinski definition) is 1. The SMILES string of the molecule is CC[C@H]1OCc2cccc(Cl)c2C1N. The predicted octanol–water partition coefficient (Wildman–Crippen LogP) is 2.65. The maximum Gasteiger partial charge on any atom is 0.0770 e. The van der Waals surface area contributed by atoms with E-state index in [0.29, 0.717) is 6.61 Å². The highest BCUT2D eigenvalue weighted by atomic mass is 35.5. The summed E-state index contributed by atoms with van der Waals surface area (Å²) in [6.45, 7) is 2.70. The average molecular weight is 212 g/mol. The standard InChI is InChI=1S/C11H14ClNO/c1-2-9-11(13)10-7(6-14-9)4-3-5-8(10)12/h3-5,9,11H,2,6,13H2,1H3/t9-,11?/m1/s1. The third kappa shape index (κ3) is 1.54. The number of nitrogens with two attached hydrogens (primary N) is 1. The van der Waals surface area contributed by atoms with Crippen molar-refractivity contribution in [1.29, 1.82) is 0 Å². The maximum absolute atomic E-state index is 6.12. The summed E-state index contributed by atoms with van der Waals surface area (Å²) in [7, 11) is 0. The number of halogens is 1. The van der Waals surface area contributed by atoms with Gasteiger partial charge in [0.05, 0.1) is 18.8 Å². The molecule has 2 atom stereocenters. The largest absolute Gasteiger partial charge is 0.372 e. The number of hydrogen-bond acceptors (Lipinski definition) is 2. The molecule has 0 spiro atoms. The van der Waals surface area contributed by atoms with Gasteiger partial charge in [0.2, 0.25) is 0 Å². The molecule has 76 valence electrons. The van der Waals surface area contributed by atoms with Gasteiger partial charge in [-0.05, 0) is 23.6 Å². The molecule has 0 radical (unpaired) electrons. The Bertz CT molecular complexity index is 340. The molecule has 0 amide bonds. The molecule has 0 fully saturated rings. The Hall–Kier alpha value is -0.570. The van der Waals surface area contributed by atoms with Crippen molar-refractivity contribution in [2.75, 3.05) is 0 Å². The summed E-state index contributed by atoms with van der Waals surface area (Å²) in [6.07, 6.45) is 1.02. The van der Waals surface area contributed by atoms with Crippen LogP contribution >= 0.6 is 11.6 Å². The summed E-state index contributed by atoms with van der Waals surface area (Å²) in [5, 5.41) is 0.761. The van der Waals surface area contributed by atoms with Gasteiger partial charge in [0.15, 0.2) is 0 Å². The van der Waals surface area contributed by atoms with E-state index in [4.69, 9.17) is 22.1 Å². The molecule has 14 heavy (non-hydrogen) atoms. The Morgan fingerprint density at radius 3 is 3.07 bits per heavy atom. The van der Waals surface area contributed by atoms with E-state index in [2.05, 4.69) is 6.92 Å². The average Bonchev–Trinajstić information content (AvgIpc) is 2.18. The highest BCUT2D eigenvalue weighted by molar-refractivity contribution is 6.31. The second-order valence-corrected chi connectivity index (χ2v) is 4.00. The van der Waals surface area contributed by atoms with Gasteiger partial charge >= 0.3 is 0 Å². The second-order valence-electron chi connectivity index (χ2n) is 3.60. The quantitative estimate of drug-likeness (QED) is 0.775. The summed E-state index contributed by atoms with van der Waals surface area (Å²) in [5.74, 6) is 0. The molecule has 1 unspecified atom stereocenters. The van der Waals surface area contributed by atoms with Crippen LogP contribution in [-0.2, 0) is 11.3 Å². The number of benzene rings is 1. The van der Waals surface area contributed by atoms with E-state index in [9.17, 15) is 0 Å². The summed E-state index contributed by atoms with van der Waals surface area (Å²) in [6, 6.07) is 5.76. The first kappa shape index (κ1) is 9.97. The van der Waals surface area contributed by atoms with Crippen molar-refractivity contribution in [1.82, 2.24) is 0 Å². The van der Waals surface area contributed by atoms with Crippen LogP contribution in [0.1, 0.15) is 30.5 Å². The zero-order valence-corrected chi connectivity index (χ0v) is 8.92. The highest BCUT2D eigenvalue weighted by Crippen LogP contribution is 2.34. The van der Waals surface area contributed by atoms with E-state index in [0.717, 1.165) is 22.6 Å². The van der Waals surface area contributed by atoms with Crippen molar-refractivity contribution < 1.29 is 4.74 Å². The van der Waals surface area contributed by atoms with E-state index < -0.39 is 0 Å². The lowest BCUT2D eigenvalue weighted by molar-refractivity contribution is 0.00684. The van der Waals surface area contributed by atoms with Gasteiger partial charge in [0.25, 0.3) is 0 Å². The zero-order chi connectivity index (χ0) is 10.1. The van der Waals surface area contributed by atoms with E-state index in [1.807, 2.05) is 18.2 Å². The summed E-state index contributed by atoms with van der Waals surface area (Å²) in [4.78, 5) is 0. The fraction of sp³-hybridized carbons (Fsp3) is 0.455. The third-order valence-electron chi connectivity index (χ3n) is 2.73. The first-order valence-corrected chi connectivity index (χ1v) is 5.26. The van der Waals surface area contributed by atoms with Crippen LogP contribution in [-0.4, -0.2) is 6.10 Å². The Labute approximate surface area is 89.0 Å². The van der Waals surface area contributed by atoms with Gasteiger partial charge < -0.3 is 10.5 Å². The topological polar surface area (TPSA) is 35.2 Å². The normalized spacial score (nSPS) is 25.9. The molecule has 1 aliphatic heterocycles. The monoisotopic (exact) mass is 211 g/mol. The summed E-state index contributed by atoms with van der Waals surface area (Å²) in [5.41, 5.74) is 8.27. The van der Waals surface area contributed by atoms with Crippen LogP contribution < -0.4 is 5.73 Å². The Morgan fingerprint density at radius 1 is 1.57 bits per heavy atom. The molecule has 0 aliphatic carbocycles. The molecule has 3 heteroatoms. The van der Waals surface area contributed by atoms with Crippen LogP contribution in [0, 0.1) is 0 Å². The lowest BCUT2D eigenvalue weighted by Gasteiger charge is -2.31.